The Morgan fingerprint density at radius 3 is 2.95 bits per heavy atom. The number of anilines is 1. The van der Waals surface area contributed by atoms with Gasteiger partial charge >= 0.3 is 0 Å². The molecule has 0 amide bonds. The molecule has 1 aliphatic heterocycles. The molecule has 1 N–H and O–H groups in total. The summed E-state index contributed by atoms with van der Waals surface area (Å²) in [7, 11) is 0. The molecular formula is C15H20N2O4. The molecule has 1 aliphatic carbocycles. The van der Waals surface area contributed by atoms with E-state index in [2.05, 4.69) is 4.90 Å². The highest BCUT2D eigenvalue weighted by Gasteiger charge is 2.36. The lowest BCUT2D eigenvalue weighted by Gasteiger charge is -2.44. The van der Waals surface area contributed by atoms with E-state index >= 15 is 0 Å². The van der Waals surface area contributed by atoms with Crippen LogP contribution in [0.2, 0.25) is 0 Å². The first-order chi connectivity index (χ1) is 10.2. The fourth-order valence-electron chi connectivity index (χ4n) is 3.45. The summed E-state index contributed by atoms with van der Waals surface area (Å²) in [6, 6.07) is 5.23. The maximum absolute atomic E-state index is 11.4. The van der Waals surface area contributed by atoms with Crippen molar-refractivity contribution in [1.82, 2.24) is 0 Å². The van der Waals surface area contributed by atoms with Crippen molar-refractivity contribution in [2.75, 3.05) is 18.1 Å². The third-order valence-electron chi connectivity index (χ3n) is 4.46. The van der Waals surface area contributed by atoms with Crippen molar-refractivity contribution >= 4 is 11.4 Å². The number of aliphatic hydroxyl groups is 1. The van der Waals surface area contributed by atoms with Gasteiger partial charge in [-0.2, -0.15) is 0 Å². The van der Waals surface area contributed by atoms with Gasteiger partial charge in [-0.1, -0.05) is 18.9 Å². The summed E-state index contributed by atoms with van der Waals surface area (Å²) < 4.78 is 5.83. The van der Waals surface area contributed by atoms with Crippen molar-refractivity contribution < 1.29 is 14.8 Å². The van der Waals surface area contributed by atoms with Crippen molar-refractivity contribution in [3.05, 3.63) is 33.9 Å². The molecule has 1 aromatic carbocycles. The number of morpholine rings is 1. The van der Waals surface area contributed by atoms with Crippen LogP contribution >= 0.6 is 0 Å². The average molecular weight is 292 g/mol. The summed E-state index contributed by atoms with van der Waals surface area (Å²) in [6.07, 6.45) is 4.54. The van der Waals surface area contributed by atoms with E-state index in [0.29, 0.717) is 24.4 Å². The van der Waals surface area contributed by atoms with Crippen LogP contribution in [0.25, 0.3) is 0 Å². The van der Waals surface area contributed by atoms with Crippen LogP contribution in [0.5, 0.6) is 0 Å². The highest BCUT2D eigenvalue weighted by molar-refractivity contribution is 5.65. The lowest BCUT2D eigenvalue weighted by atomic mass is 9.89. The summed E-state index contributed by atoms with van der Waals surface area (Å²) >= 11 is 0. The fourth-order valence-corrected chi connectivity index (χ4v) is 3.45. The Morgan fingerprint density at radius 2 is 2.19 bits per heavy atom. The molecule has 1 aromatic rings. The van der Waals surface area contributed by atoms with Crippen LogP contribution in [0, 0.1) is 10.1 Å². The lowest BCUT2D eigenvalue weighted by molar-refractivity contribution is -0.384. The normalized spacial score (nSPS) is 25.5. The topological polar surface area (TPSA) is 75.8 Å². The molecule has 114 valence electrons. The second kappa shape index (κ2) is 5.99. The number of aliphatic hydroxyl groups excluding tert-OH is 1. The Labute approximate surface area is 123 Å². The molecule has 2 unspecified atom stereocenters. The molecule has 0 spiro atoms. The minimum absolute atomic E-state index is 0.0766. The molecule has 6 nitrogen and oxygen atoms in total. The molecule has 2 aliphatic rings. The van der Waals surface area contributed by atoms with Crippen LogP contribution < -0.4 is 4.90 Å². The van der Waals surface area contributed by atoms with Gasteiger partial charge in [-0.3, -0.25) is 10.1 Å². The Kier molecular flexibility index (Phi) is 4.07. The molecule has 0 bridgehead atoms. The maximum atomic E-state index is 11.4. The molecule has 1 saturated heterocycles. The molecule has 0 aromatic heterocycles. The van der Waals surface area contributed by atoms with Crippen molar-refractivity contribution in [3.63, 3.8) is 0 Å². The van der Waals surface area contributed by atoms with Crippen LogP contribution in [-0.4, -0.2) is 35.3 Å². The fraction of sp³-hybridized carbons (Fsp3) is 0.600. The summed E-state index contributed by atoms with van der Waals surface area (Å²) in [5.41, 5.74) is 1.30. The monoisotopic (exact) mass is 292 g/mol. The molecule has 0 radical (unpaired) electrons. The van der Waals surface area contributed by atoms with Gasteiger partial charge in [-0.15, -0.1) is 0 Å². The van der Waals surface area contributed by atoms with Gasteiger partial charge in [-0.05, 0) is 24.5 Å². The van der Waals surface area contributed by atoms with Crippen LogP contribution in [0.15, 0.2) is 18.2 Å². The zero-order valence-corrected chi connectivity index (χ0v) is 11.9. The zero-order chi connectivity index (χ0) is 14.8. The summed E-state index contributed by atoms with van der Waals surface area (Å²) in [6.45, 7) is 1.11. The summed E-state index contributed by atoms with van der Waals surface area (Å²) in [5, 5.41) is 20.5. The first kappa shape index (κ1) is 14.3. The maximum Gasteiger partial charge on any atom is 0.292 e. The van der Waals surface area contributed by atoms with Gasteiger partial charge in [0.1, 0.15) is 5.69 Å². The van der Waals surface area contributed by atoms with Crippen molar-refractivity contribution in [2.45, 2.75) is 44.4 Å². The van der Waals surface area contributed by atoms with E-state index in [4.69, 9.17) is 4.74 Å². The Bertz CT molecular complexity index is 532. The Morgan fingerprint density at radius 1 is 1.38 bits per heavy atom. The Balaban J connectivity index is 1.96. The van der Waals surface area contributed by atoms with Gasteiger partial charge in [0.2, 0.25) is 0 Å². The van der Waals surface area contributed by atoms with Gasteiger partial charge < -0.3 is 14.7 Å². The minimum atomic E-state index is -0.359. The predicted molar refractivity (Wildman–Crippen MR) is 78.4 cm³/mol. The number of fused-ring (bicyclic) bond motifs is 1. The number of ether oxygens (including phenoxy) is 1. The number of hydrogen-bond donors (Lipinski definition) is 1. The molecular weight excluding hydrogens is 272 g/mol. The molecule has 6 heteroatoms. The Hall–Kier alpha value is -1.66. The van der Waals surface area contributed by atoms with Crippen LogP contribution in [0.4, 0.5) is 11.4 Å². The van der Waals surface area contributed by atoms with E-state index in [9.17, 15) is 15.2 Å². The minimum Gasteiger partial charge on any atom is -0.392 e. The van der Waals surface area contributed by atoms with Gasteiger partial charge in [0, 0.05) is 12.6 Å². The SMILES string of the molecule is O=[N+]([O-])c1cc(CO)ccc1N1CCOC2CCCCC21. The van der Waals surface area contributed by atoms with Crippen LogP contribution in [-0.2, 0) is 11.3 Å². The number of hydrogen-bond acceptors (Lipinski definition) is 5. The van der Waals surface area contributed by atoms with E-state index in [1.54, 1.807) is 12.1 Å². The number of benzene rings is 1. The summed E-state index contributed by atoms with van der Waals surface area (Å²) in [5.74, 6) is 0. The van der Waals surface area contributed by atoms with Gasteiger partial charge in [-0.25, -0.2) is 0 Å². The third-order valence-corrected chi connectivity index (χ3v) is 4.46. The quantitative estimate of drug-likeness (QED) is 0.683. The second-order valence-corrected chi connectivity index (χ2v) is 5.69. The predicted octanol–water partition coefficient (Wildman–Crippen LogP) is 2.23. The highest BCUT2D eigenvalue weighted by Crippen LogP contribution is 2.37. The molecule has 21 heavy (non-hydrogen) atoms. The second-order valence-electron chi connectivity index (χ2n) is 5.69. The van der Waals surface area contributed by atoms with Gasteiger partial charge in [0.25, 0.3) is 5.69 Å². The molecule has 1 saturated carbocycles. The number of nitro benzene ring substituents is 1. The van der Waals surface area contributed by atoms with Gasteiger partial charge in [0.05, 0.1) is 30.3 Å². The first-order valence-corrected chi connectivity index (χ1v) is 7.47. The number of nitrogens with zero attached hydrogens (tertiary/aromatic N) is 2. The smallest absolute Gasteiger partial charge is 0.292 e. The van der Waals surface area contributed by atoms with E-state index in [1.807, 2.05) is 0 Å². The van der Waals surface area contributed by atoms with Crippen LogP contribution in [0.3, 0.4) is 0 Å². The van der Waals surface area contributed by atoms with E-state index in [-0.39, 0.29) is 29.4 Å². The van der Waals surface area contributed by atoms with Crippen molar-refractivity contribution in [3.8, 4) is 0 Å². The first-order valence-electron chi connectivity index (χ1n) is 7.47. The number of nitro groups is 1. The number of rotatable bonds is 3. The van der Waals surface area contributed by atoms with E-state index in [1.165, 1.54) is 12.5 Å². The van der Waals surface area contributed by atoms with E-state index < -0.39 is 0 Å². The molecule has 1 heterocycles. The largest absolute Gasteiger partial charge is 0.392 e. The molecule has 2 atom stereocenters. The van der Waals surface area contributed by atoms with Crippen molar-refractivity contribution in [1.29, 1.82) is 0 Å². The van der Waals surface area contributed by atoms with E-state index in [0.717, 1.165) is 19.3 Å². The third kappa shape index (κ3) is 2.73. The van der Waals surface area contributed by atoms with Crippen molar-refractivity contribution in [2.24, 2.45) is 0 Å². The lowest BCUT2D eigenvalue weighted by Crippen LogP contribution is -2.53. The van der Waals surface area contributed by atoms with Gasteiger partial charge in [0.15, 0.2) is 0 Å². The average Bonchev–Trinajstić information content (AvgIpc) is 2.53. The standard InChI is InChI=1S/C15H20N2O4/c18-10-11-5-6-12(14(9-11)17(19)20)16-7-8-21-15-4-2-1-3-13(15)16/h5-6,9,13,15,18H,1-4,7-8,10H2. The highest BCUT2D eigenvalue weighted by atomic mass is 16.6. The molecule has 3 rings (SSSR count). The molecule has 2 fully saturated rings. The summed E-state index contributed by atoms with van der Waals surface area (Å²) in [4.78, 5) is 13.1. The van der Waals surface area contributed by atoms with Crippen LogP contribution in [0.1, 0.15) is 31.2 Å². The zero-order valence-electron chi connectivity index (χ0n) is 11.9.